The predicted molar refractivity (Wildman–Crippen MR) is 104 cm³/mol. The molecule has 7 heteroatoms. The first kappa shape index (κ1) is 18.0. The summed E-state index contributed by atoms with van der Waals surface area (Å²) in [6.45, 7) is 3.52. The molecule has 2 aromatic rings. The molecular formula is C20H26N4O3. The second kappa shape index (κ2) is 7.68. The number of aromatic amines is 1. The second-order valence-corrected chi connectivity index (χ2v) is 7.58. The highest BCUT2D eigenvalue weighted by Crippen LogP contribution is 2.21. The highest BCUT2D eigenvalue weighted by molar-refractivity contribution is 5.79. The molecule has 0 spiro atoms. The van der Waals surface area contributed by atoms with Gasteiger partial charge in [0.2, 0.25) is 5.91 Å². The molecular weight excluding hydrogens is 344 g/mol. The number of nitrogens with zero attached hydrogens (tertiary/aromatic N) is 3. The van der Waals surface area contributed by atoms with Crippen LogP contribution in [0.15, 0.2) is 33.9 Å². The van der Waals surface area contributed by atoms with E-state index in [1.165, 1.54) is 32.4 Å². The molecule has 2 aliphatic rings. The lowest BCUT2D eigenvalue weighted by molar-refractivity contribution is -0.133. The molecule has 4 rings (SSSR count). The van der Waals surface area contributed by atoms with Gasteiger partial charge < -0.3 is 14.8 Å². The molecule has 3 heterocycles. The Morgan fingerprint density at radius 3 is 2.44 bits per heavy atom. The molecule has 2 saturated heterocycles. The molecule has 0 atom stereocenters. The summed E-state index contributed by atoms with van der Waals surface area (Å²) in [5.41, 5.74) is -0.445. The van der Waals surface area contributed by atoms with Crippen LogP contribution in [0.3, 0.4) is 0 Å². The first-order chi connectivity index (χ1) is 13.1. The summed E-state index contributed by atoms with van der Waals surface area (Å²) in [5, 5.41) is 0.425. The van der Waals surface area contributed by atoms with Gasteiger partial charge in [-0.25, -0.2) is 4.79 Å². The van der Waals surface area contributed by atoms with Crippen LogP contribution in [0.4, 0.5) is 0 Å². The molecule has 0 aliphatic carbocycles. The minimum atomic E-state index is -0.532. The van der Waals surface area contributed by atoms with Gasteiger partial charge in [0.1, 0.15) is 6.54 Å². The second-order valence-electron chi connectivity index (χ2n) is 7.58. The number of carbonyl (C=O) groups is 1. The standard InChI is InChI=1S/C20H26N4O3/c25-18(23-12-8-15(9-13-23)22-10-4-1-5-11-22)14-24-19(26)16-6-2-3-7-17(16)21-20(24)27/h2-3,6-7,15H,1,4-5,8-14H2,(H,21,27). The third-order valence-electron chi connectivity index (χ3n) is 5.91. The topological polar surface area (TPSA) is 78.4 Å². The van der Waals surface area contributed by atoms with E-state index in [1.54, 1.807) is 29.2 Å². The van der Waals surface area contributed by atoms with Crippen LogP contribution in [0.5, 0.6) is 0 Å². The quantitative estimate of drug-likeness (QED) is 0.880. The van der Waals surface area contributed by atoms with Gasteiger partial charge in [0, 0.05) is 19.1 Å². The molecule has 1 aromatic heterocycles. The van der Waals surface area contributed by atoms with Crippen LogP contribution in [-0.2, 0) is 11.3 Å². The number of hydrogen-bond acceptors (Lipinski definition) is 4. The van der Waals surface area contributed by atoms with Gasteiger partial charge in [-0.15, -0.1) is 0 Å². The van der Waals surface area contributed by atoms with E-state index in [4.69, 9.17) is 0 Å². The van der Waals surface area contributed by atoms with Crippen molar-refractivity contribution in [3.8, 4) is 0 Å². The first-order valence-corrected chi connectivity index (χ1v) is 9.87. The molecule has 0 saturated carbocycles. The maximum atomic E-state index is 12.7. The largest absolute Gasteiger partial charge is 0.341 e. The lowest BCUT2D eigenvalue weighted by atomic mass is 10.00. The Bertz CT molecular complexity index is 934. The number of benzene rings is 1. The van der Waals surface area contributed by atoms with Gasteiger partial charge in [-0.2, -0.15) is 0 Å². The van der Waals surface area contributed by atoms with E-state index in [1.807, 2.05) is 0 Å². The molecule has 1 aromatic carbocycles. The molecule has 0 unspecified atom stereocenters. The Hall–Kier alpha value is -2.41. The normalized spacial score (nSPS) is 19.5. The molecule has 27 heavy (non-hydrogen) atoms. The molecule has 0 bridgehead atoms. The summed E-state index contributed by atoms with van der Waals surface area (Å²) in [6.07, 6.45) is 5.80. The lowest BCUT2D eigenvalue weighted by Crippen LogP contribution is -2.50. The van der Waals surface area contributed by atoms with E-state index in [0.717, 1.165) is 17.4 Å². The summed E-state index contributed by atoms with van der Waals surface area (Å²) in [6, 6.07) is 7.43. The smallest absolute Gasteiger partial charge is 0.329 e. The van der Waals surface area contributed by atoms with E-state index in [-0.39, 0.29) is 12.5 Å². The first-order valence-electron chi connectivity index (χ1n) is 9.87. The summed E-state index contributed by atoms with van der Waals surface area (Å²) in [4.78, 5) is 44.6. The highest BCUT2D eigenvalue weighted by Gasteiger charge is 2.28. The SMILES string of the molecule is O=C(Cn1c(=O)[nH]c2ccccc2c1=O)N1CCC(N2CCCCC2)CC1. The molecule has 2 fully saturated rings. The Balaban J connectivity index is 1.43. The Morgan fingerprint density at radius 1 is 1.00 bits per heavy atom. The Labute approximate surface area is 157 Å². The fourth-order valence-electron chi connectivity index (χ4n) is 4.34. The third-order valence-corrected chi connectivity index (χ3v) is 5.91. The Kier molecular flexibility index (Phi) is 5.11. The highest BCUT2D eigenvalue weighted by atomic mass is 16.2. The number of para-hydroxylation sites is 1. The van der Waals surface area contributed by atoms with Crippen LogP contribution >= 0.6 is 0 Å². The van der Waals surface area contributed by atoms with Crippen LogP contribution in [0.1, 0.15) is 32.1 Å². The van der Waals surface area contributed by atoms with E-state index in [9.17, 15) is 14.4 Å². The van der Waals surface area contributed by atoms with Crippen molar-refractivity contribution in [2.24, 2.45) is 0 Å². The van der Waals surface area contributed by atoms with Crippen molar-refractivity contribution < 1.29 is 4.79 Å². The average molecular weight is 370 g/mol. The van der Waals surface area contributed by atoms with Crippen molar-refractivity contribution in [3.63, 3.8) is 0 Å². The summed E-state index contributed by atoms with van der Waals surface area (Å²) >= 11 is 0. The monoisotopic (exact) mass is 370 g/mol. The third kappa shape index (κ3) is 3.69. The fourth-order valence-corrected chi connectivity index (χ4v) is 4.34. The number of H-pyrrole nitrogens is 1. The molecule has 0 radical (unpaired) electrons. The van der Waals surface area contributed by atoms with Crippen molar-refractivity contribution in [2.75, 3.05) is 26.2 Å². The number of piperidine rings is 2. The number of hydrogen-bond donors (Lipinski definition) is 1. The summed E-state index contributed by atoms with van der Waals surface area (Å²) in [7, 11) is 0. The van der Waals surface area contributed by atoms with Gasteiger partial charge in [-0.1, -0.05) is 18.6 Å². The van der Waals surface area contributed by atoms with E-state index in [0.29, 0.717) is 30.0 Å². The Morgan fingerprint density at radius 2 is 1.70 bits per heavy atom. The number of carbonyl (C=O) groups excluding carboxylic acids is 1. The maximum absolute atomic E-state index is 12.7. The van der Waals surface area contributed by atoms with E-state index < -0.39 is 11.2 Å². The minimum Gasteiger partial charge on any atom is -0.341 e. The van der Waals surface area contributed by atoms with Crippen LogP contribution < -0.4 is 11.2 Å². The minimum absolute atomic E-state index is 0.157. The zero-order valence-electron chi connectivity index (χ0n) is 15.5. The van der Waals surface area contributed by atoms with Crippen LogP contribution in [0.2, 0.25) is 0 Å². The number of aromatic nitrogens is 2. The number of nitrogens with one attached hydrogen (secondary N) is 1. The van der Waals surface area contributed by atoms with Crippen molar-refractivity contribution in [1.29, 1.82) is 0 Å². The van der Waals surface area contributed by atoms with Crippen molar-refractivity contribution in [1.82, 2.24) is 19.4 Å². The average Bonchev–Trinajstić information content (AvgIpc) is 2.72. The van der Waals surface area contributed by atoms with Crippen LogP contribution in [0.25, 0.3) is 10.9 Å². The molecule has 7 nitrogen and oxygen atoms in total. The van der Waals surface area contributed by atoms with Gasteiger partial charge in [-0.3, -0.25) is 14.2 Å². The number of likely N-dealkylation sites (tertiary alicyclic amines) is 2. The van der Waals surface area contributed by atoms with Crippen molar-refractivity contribution in [3.05, 3.63) is 45.1 Å². The van der Waals surface area contributed by atoms with Gasteiger partial charge in [0.15, 0.2) is 0 Å². The molecule has 1 amide bonds. The number of rotatable bonds is 3. The van der Waals surface area contributed by atoms with Gasteiger partial charge in [0.25, 0.3) is 5.56 Å². The summed E-state index contributed by atoms with van der Waals surface area (Å²) < 4.78 is 1.02. The summed E-state index contributed by atoms with van der Waals surface area (Å²) in [5.74, 6) is -0.157. The lowest BCUT2D eigenvalue weighted by Gasteiger charge is -2.40. The van der Waals surface area contributed by atoms with Crippen LogP contribution in [-0.4, -0.2) is 57.5 Å². The molecule has 2 aliphatic heterocycles. The van der Waals surface area contributed by atoms with Gasteiger partial charge in [-0.05, 0) is 50.9 Å². The van der Waals surface area contributed by atoms with Crippen LogP contribution in [0, 0.1) is 0 Å². The van der Waals surface area contributed by atoms with E-state index in [2.05, 4.69) is 9.88 Å². The predicted octanol–water partition coefficient (Wildman–Crippen LogP) is 1.17. The maximum Gasteiger partial charge on any atom is 0.329 e. The van der Waals surface area contributed by atoms with Crippen molar-refractivity contribution in [2.45, 2.75) is 44.7 Å². The zero-order valence-corrected chi connectivity index (χ0v) is 15.5. The van der Waals surface area contributed by atoms with Gasteiger partial charge >= 0.3 is 5.69 Å². The number of amides is 1. The zero-order chi connectivity index (χ0) is 18.8. The number of fused-ring (bicyclic) bond motifs is 1. The van der Waals surface area contributed by atoms with Crippen molar-refractivity contribution >= 4 is 16.8 Å². The van der Waals surface area contributed by atoms with E-state index >= 15 is 0 Å². The molecule has 144 valence electrons. The van der Waals surface area contributed by atoms with Gasteiger partial charge in [0.05, 0.1) is 10.9 Å². The molecule has 1 N–H and O–H groups in total. The fraction of sp³-hybridized carbons (Fsp3) is 0.550.